The summed E-state index contributed by atoms with van der Waals surface area (Å²) in [6, 6.07) is 20.8. The number of hydrogen-bond donors (Lipinski definition) is 2. The molecule has 21 nitrogen and oxygen atoms in total. The van der Waals surface area contributed by atoms with Gasteiger partial charge in [-0.2, -0.15) is 0 Å². The van der Waals surface area contributed by atoms with Crippen molar-refractivity contribution in [2.45, 2.75) is 118 Å². The molecule has 1 unspecified atom stereocenters. The highest BCUT2D eigenvalue weighted by Crippen LogP contribution is 2.51. The van der Waals surface area contributed by atoms with Gasteiger partial charge in [0.1, 0.15) is 47.8 Å². The first-order valence-electron chi connectivity index (χ1n) is 28.5. The lowest BCUT2D eigenvalue weighted by Crippen LogP contribution is -2.82. The number of quaternary nitrogens is 1. The Morgan fingerprint density at radius 1 is 0.671 bits per heavy atom. The number of pyridine rings is 2. The van der Waals surface area contributed by atoms with Crippen LogP contribution < -0.4 is 20.0 Å². The van der Waals surface area contributed by atoms with Crippen molar-refractivity contribution in [3.05, 3.63) is 130 Å². The number of phosphoric acid groups is 2. The molecule has 0 fully saturated rings. The van der Waals surface area contributed by atoms with E-state index in [4.69, 9.17) is 27.3 Å². The lowest BCUT2D eigenvalue weighted by molar-refractivity contribution is -0.648. The minimum Gasteiger partial charge on any atom is -0.756 e. The highest BCUT2D eigenvalue weighted by atomic mass is 31.2. The number of aromatic nitrogens is 2. The van der Waals surface area contributed by atoms with Gasteiger partial charge in [0.25, 0.3) is 7.82 Å². The smallest absolute Gasteiger partial charge is 0.476 e. The lowest BCUT2D eigenvalue weighted by Gasteiger charge is -2.29. The molecule has 0 bridgehead atoms. The Kier molecular flexibility index (Phi) is 24.3. The van der Waals surface area contributed by atoms with E-state index in [1.807, 2.05) is 68.4 Å². The Morgan fingerprint density at radius 2 is 1.07 bits per heavy atom. The molecule has 85 heavy (non-hydrogen) atoms. The number of fused-ring (bicyclic) bond motifs is 4. The van der Waals surface area contributed by atoms with Crippen molar-refractivity contribution in [1.82, 2.24) is 19.8 Å². The minimum atomic E-state index is -4.98. The van der Waals surface area contributed by atoms with Crippen LogP contribution >= 0.6 is 15.6 Å². The van der Waals surface area contributed by atoms with Gasteiger partial charge in [0.2, 0.25) is 23.6 Å². The summed E-state index contributed by atoms with van der Waals surface area (Å²) in [7, 11) is -8.36. The summed E-state index contributed by atoms with van der Waals surface area (Å²) >= 11 is 0. The van der Waals surface area contributed by atoms with E-state index >= 15 is 0 Å². The topological polar surface area (TPSA) is 264 Å². The average Bonchev–Trinajstić information content (AvgIpc) is 3.33. The Labute approximate surface area is 500 Å². The van der Waals surface area contributed by atoms with E-state index in [9.17, 15) is 33.2 Å². The maximum absolute atomic E-state index is 13.6. The average molecular weight is 1240 g/mol. The monoisotopic (exact) mass is 1240 g/mol. The summed E-state index contributed by atoms with van der Waals surface area (Å²) in [5.74, 6) is 1.21. The number of rotatable bonds is 24. The molecule has 0 radical (unpaired) electrons. The molecule has 25 heteroatoms. The summed E-state index contributed by atoms with van der Waals surface area (Å²) in [5.41, 5.74) is 6.50. The van der Waals surface area contributed by atoms with Gasteiger partial charge in [-0.1, -0.05) is 75.7 Å². The molecule has 460 valence electrons. The molecule has 1 atom stereocenters. The van der Waals surface area contributed by atoms with Crippen LogP contribution in [0.15, 0.2) is 94.0 Å². The Hall–Kier alpha value is -6.21. The fourth-order valence-electron chi connectivity index (χ4n) is 8.85. The zero-order valence-corrected chi connectivity index (χ0v) is 54.8. The standard InChI is InChI=1S/C33H48N3O7PSi2.C23H24N3O7P.C4H11N/c1-25-28-11-9-10-12-29(28)43-30(25)23-35(2)31(37)15-13-26-21-27-14-16-32(38)36(33(27)34-22-26)24-42-44(39,40-17-19-45(3,4)5)41-18-20-46(6,7)8;1-15-18-5-3-4-6-19(18)33-20(15)13-25(2)21(27)9-7-16-11-17-8-10-22(28)26(23(17)24-12-16)14-32-34(29,30)31;1-3-5-4-2/h9-13,15,21-22H,14,16-20,23-24H2,1-8H3;3-7,9,11-12H,8,10,13-14H2,1-2H3,(H2,29,30,31);5H,3-4H2,1-2H3/b15-13+;9-7+;. The lowest BCUT2D eigenvalue weighted by atomic mass is 10.0. The van der Waals surface area contributed by atoms with E-state index in [1.54, 1.807) is 48.3 Å². The van der Waals surface area contributed by atoms with E-state index in [-0.39, 0.29) is 62.2 Å². The highest BCUT2D eigenvalue weighted by molar-refractivity contribution is 7.48. The van der Waals surface area contributed by atoms with Crippen molar-refractivity contribution >= 4 is 101 Å². The second-order valence-electron chi connectivity index (χ2n) is 23.3. The number of nitrogens with zero attached hydrogens (tertiary/aromatic N) is 6. The van der Waals surface area contributed by atoms with Crippen LogP contribution in [-0.4, -0.2) is 118 Å². The Bertz CT molecular complexity index is 3430. The molecule has 4 aromatic heterocycles. The molecule has 8 rings (SSSR count). The zero-order chi connectivity index (χ0) is 62.3. The normalized spacial score (nSPS) is 14.5. The third kappa shape index (κ3) is 20.5. The minimum absolute atomic E-state index is 0.137. The van der Waals surface area contributed by atoms with Crippen molar-refractivity contribution in [2.75, 3.05) is 63.7 Å². The predicted octanol–water partition coefficient (Wildman–Crippen LogP) is 9.99. The van der Waals surface area contributed by atoms with Crippen LogP contribution in [0.3, 0.4) is 0 Å². The first-order chi connectivity index (χ1) is 40.1. The molecule has 4 amide bonds. The third-order valence-electron chi connectivity index (χ3n) is 14.0. The molecule has 6 aromatic rings. The number of carbonyl (C=O) groups is 4. The van der Waals surface area contributed by atoms with Gasteiger partial charge in [0.15, 0.2) is 0 Å². The van der Waals surface area contributed by atoms with Gasteiger partial charge < -0.3 is 33.7 Å². The van der Waals surface area contributed by atoms with E-state index in [0.29, 0.717) is 42.9 Å². The SMILES string of the molecule is CC[NH2+]CC.Cc1c(CN(C)C(=O)/C=C/c2cnc3c(c2)CCC(=O)N3COP(=O)(OCC[Si](C)(C)C)OCC[Si](C)(C)C)oc2ccccc12.Cc1c(CN(C)C(=O)/C=C/c2cnc3c(c2)CCC(=O)N3COP(=O)([O-])O)oc2ccccc12. The number of phosphoric ester groups is 2. The van der Waals surface area contributed by atoms with Crippen LogP contribution in [0.1, 0.15) is 71.6 Å². The number of likely N-dealkylation sites (N-methyl/N-ethyl adjacent to an activating group) is 2. The van der Waals surface area contributed by atoms with Crippen LogP contribution in [0.5, 0.6) is 0 Å². The first kappa shape index (κ1) is 67.9. The number of anilines is 2. The first-order valence-corrected chi connectivity index (χ1v) is 38.9. The molecule has 2 aliphatic heterocycles. The summed E-state index contributed by atoms with van der Waals surface area (Å²) < 4.78 is 58.0. The molecular weight excluding hydrogens is 1160 g/mol. The fraction of sp³-hybridized carbons (Fsp3) is 0.433. The molecule has 6 heterocycles. The number of benzene rings is 2. The van der Waals surface area contributed by atoms with E-state index in [1.165, 1.54) is 36.3 Å². The maximum Gasteiger partial charge on any atom is 0.476 e. The van der Waals surface area contributed by atoms with Gasteiger partial charge in [-0.15, -0.1) is 0 Å². The summed E-state index contributed by atoms with van der Waals surface area (Å²) in [4.78, 5) is 84.7. The Morgan fingerprint density at radius 3 is 1.44 bits per heavy atom. The number of carbonyl (C=O) groups excluding carboxylic acids is 4. The van der Waals surface area contributed by atoms with Gasteiger partial charge in [-0.25, -0.2) is 14.5 Å². The number of furan rings is 2. The van der Waals surface area contributed by atoms with E-state index in [2.05, 4.69) is 72.9 Å². The molecule has 0 spiro atoms. The van der Waals surface area contributed by atoms with Crippen LogP contribution in [-0.2, 0) is 72.3 Å². The highest BCUT2D eigenvalue weighted by Gasteiger charge is 2.34. The Balaban J connectivity index is 0.000000261. The van der Waals surface area contributed by atoms with Crippen molar-refractivity contribution in [3.8, 4) is 0 Å². The van der Waals surface area contributed by atoms with Crippen LogP contribution in [0.4, 0.5) is 11.6 Å². The van der Waals surface area contributed by atoms with Crippen molar-refractivity contribution in [3.63, 3.8) is 0 Å². The third-order valence-corrected chi connectivity index (χ3v) is 19.2. The van der Waals surface area contributed by atoms with Gasteiger partial charge >= 0.3 is 7.82 Å². The zero-order valence-electron chi connectivity index (χ0n) is 51.0. The molecule has 2 aliphatic rings. The molecular formula is C60H83N7O14P2Si2. The molecule has 0 aliphatic carbocycles. The second kappa shape index (κ2) is 30.4. The number of nitrogens with two attached hydrogens (primary N) is 1. The van der Waals surface area contributed by atoms with E-state index in [0.717, 1.165) is 72.7 Å². The second-order valence-corrected chi connectivity index (χ2v) is 37.4. The van der Waals surface area contributed by atoms with Crippen molar-refractivity contribution in [1.29, 1.82) is 0 Å². The van der Waals surface area contributed by atoms with Gasteiger partial charge in [-0.3, -0.25) is 51.6 Å². The summed E-state index contributed by atoms with van der Waals surface area (Å²) in [6.45, 7) is 24.2. The number of hydrogen-bond acceptors (Lipinski definition) is 15. The molecule has 0 saturated carbocycles. The van der Waals surface area contributed by atoms with Gasteiger partial charge in [0.05, 0.1) is 39.4 Å². The molecule has 2 aromatic carbocycles. The van der Waals surface area contributed by atoms with Crippen LogP contribution in [0.25, 0.3) is 34.1 Å². The van der Waals surface area contributed by atoms with Gasteiger partial charge in [-0.05, 0) is 111 Å². The fourth-order valence-corrected chi connectivity index (χ4v) is 12.0. The quantitative estimate of drug-likeness (QED) is 0.0324. The van der Waals surface area contributed by atoms with Crippen molar-refractivity contribution in [2.24, 2.45) is 0 Å². The van der Waals surface area contributed by atoms with Crippen LogP contribution in [0.2, 0.25) is 51.4 Å². The van der Waals surface area contributed by atoms with Gasteiger partial charge in [0, 0.05) is 89.5 Å². The number of para-hydroxylation sites is 2. The van der Waals surface area contributed by atoms with E-state index < -0.39 is 38.5 Å². The number of amides is 4. The summed E-state index contributed by atoms with van der Waals surface area (Å²) in [5, 5.41) is 4.31. The molecule has 0 saturated heterocycles. The molecule has 3 N–H and O–H groups in total. The number of aryl methyl sites for hydroxylation is 4. The van der Waals surface area contributed by atoms with Crippen molar-refractivity contribution < 1.29 is 70.3 Å². The largest absolute Gasteiger partial charge is 0.756 e. The predicted molar refractivity (Wildman–Crippen MR) is 334 cm³/mol. The van der Waals surface area contributed by atoms with Crippen LogP contribution in [0, 0.1) is 13.8 Å². The summed E-state index contributed by atoms with van der Waals surface area (Å²) in [6.07, 6.45) is 10.6. The maximum atomic E-state index is 13.6.